The molecule has 1 heterocycles. The summed E-state index contributed by atoms with van der Waals surface area (Å²) in [7, 11) is 0. The molecule has 2 rings (SSSR count). The van der Waals surface area contributed by atoms with Crippen molar-refractivity contribution < 1.29 is 5.11 Å². The summed E-state index contributed by atoms with van der Waals surface area (Å²) >= 11 is 1.37. The Morgan fingerprint density at radius 1 is 1.25 bits per heavy atom. The van der Waals surface area contributed by atoms with Crippen LogP contribution in [-0.4, -0.2) is 15.1 Å². The zero-order chi connectivity index (χ0) is 11.4. The Hall–Kier alpha value is -1.59. The Kier molecular flexibility index (Phi) is 3.38. The third-order valence-corrected chi connectivity index (χ3v) is 2.88. The second kappa shape index (κ2) is 4.96. The Morgan fingerprint density at radius 2 is 2.00 bits per heavy atom. The number of hydrogen-bond donors (Lipinski definition) is 2. The SMILES string of the molecule is O=c1ccnc(Sc2ccc(CO)cc2)[nH]1. The van der Waals surface area contributed by atoms with Crippen molar-refractivity contribution in [1.82, 2.24) is 9.97 Å². The minimum absolute atomic E-state index is 0.0331. The average molecular weight is 234 g/mol. The summed E-state index contributed by atoms with van der Waals surface area (Å²) in [5.41, 5.74) is 0.698. The fourth-order valence-electron chi connectivity index (χ4n) is 1.18. The highest BCUT2D eigenvalue weighted by molar-refractivity contribution is 7.99. The maximum Gasteiger partial charge on any atom is 0.251 e. The third-order valence-electron chi connectivity index (χ3n) is 1.97. The van der Waals surface area contributed by atoms with E-state index < -0.39 is 0 Å². The fraction of sp³-hybridized carbons (Fsp3) is 0.0909. The van der Waals surface area contributed by atoms with E-state index in [0.717, 1.165) is 10.5 Å². The highest BCUT2D eigenvalue weighted by atomic mass is 32.2. The summed E-state index contributed by atoms with van der Waals surface area (Å²) in [4.78, 5) is 18.7. The van der Waals surface area contributed by atoms with Crippen LogP contribution in [0.2, 0.25) is 0 Å². The van der Waals surface area contributed by atoms with Crippen molar-refractivity contribution in [3.05, 3.63) is 52.4 Å². The summed E-state index contributed by atoms with van der Waals surface area (Å²) in [6.45, 7) is 0.0331. The van der Waals surface area contributed by atoms with Crippen LogP contribution in [0.15, 0.2) is 51.4 Å². The van der Waals surface area contributed by atoms with E-state index in [0.29, 0.717) is 5.16 Å². The summed E-state index contributed by atoms with van der Waals surface area (Å²) in [6.07, 6.45) is 1.48. The number of aliphatic hydroxyl groups is 1. The van der Waals surface area contributed by atoms with E-state index in [-0.39, 0.29) is 12.2 Å². The van der Waals surface area contributed by atoms with Crippen molar-refractivity contribution in [2.75, 3.05) is 0 Å². The van der Waals surface area contributed by atoms with Crippen LogP contribution in [0.4, 0.5) is 0 Å². The van der Waals surface area contributed by atoms with Crippen molar-refractivity contribution in [3.63, 3.8) is 0 Å². The van der Waals surface area contributed by atoms with Gasteiger partial charge in [0.1, 0.15) is 0 Å². The van der Waals surface area contributed by atoms with Gasteiger partial charge in [-0.05, 0) is 17.7 Å². The van der Waals surface area contributed by atoms with Crippen molar-refractivity contribution in [3.8, 4) is 0 Å². The smallest absolute Gasteiger partial charge is 0.251 e. The predicted molar refractivity (Wildman–Crippen MR) is 61.3 cm³/mol. The minimum atomic E-state index is -0.163. The van der Waals surface area contributed by atoms with Gasteiger partial charge >= 0.3 is 0 Å². The highest BCUT2D eigenvalue weighted by Gasteiger charge is 1.99. The monoisotopic (exact) mass is 234 g/mol. The Morgan fingerprint density at radius 3 is 2.62 bits per heavy atom. The fourth-order valence-corrected chi connectivity index (χ4v) is 1.94. The molecular weight excluding hydrogens is 224 g/mol. The zero-order valence-corrected chi connectivity index (χ0v) is 9.20. The van der Waals surface area contributed by atoms with Gasteiger partial charge in [0.15, 0.2) is 5.16 Å². The van der Waals surface area contributed by atoms with Crippen molar-refractivity contribution >= 4 is 11.8 Å². The quantitative estimate of drug-likeness (QED) is 0.788. The molecule has 0 fully saturated rings. The van der Waals surface area contributed by atoms with Crippen LogP contribution in [-0.2, 0) is 6.61 Å². The average Bonchev–Trinajstić information content (AvgIpc) is 2.30. The molecule has 0 unspecified atom stereocenters. The molecule has 0 bridgehead atoms. The van der Waals surface area contributed by atoms with Crippen LogP contribution in [0.5, 0.6) is 0 Å². The molecule has 0 radical (unpaired) electrons. The number of aromatic amines is 1. The lowest BCUT2D eigenvalue weighted by Crippen LogP contribution is -2.04. The maximum atomic E-state index is 11.0. The van der Waals surface area contributed by atoms with Gasteiger partial charge in [-0.25, -0.2) is 4.98 Å². The number of aliphatic hydroxyl groups excluding tert-OH is 1. The van der Waals surface area contributed by atoms with Gasteiger partial charge in [-0.2, -0.15) is 0 Å². The van der Waals surface area contributed by atoms with Gasteiger partial charge in [0.2, 0.25) is 0 Å². The molecule has 2 aromatic rings. The van der Waals surface area contributed by atoms with Crippen molar-refractivity contribution in [2.45, 2.75) is 16.7 Å². The first-order valence-corrected chi connectivity index (χ1v) is 5.52. The maximum absolute atomic E-state index is 11.0. The Labute approximate surface area is 96.4 Å². The molecule has 5 heteroatoms. The summed E-state index contributed by atoms with van der Waals surface area (Å²) < 4.78 is 0. The number of nitrogens with zero attached hydrogens (tertiary/aromatic N) is 1. The number of H-pyrrole nitrogens is 1. The van der Waals surface area contributed by atoms with E-state index in [1.54, 1.807) is 0 Å². The summed E-state index contributed by atoms with van der Waals surface area (Å²) in [5.74, 6) is 0. The first kappa shape index (κ1) is 10.9. The summed E-state index contributed by atoms with van der Waals surface area (Å²) in [5, 5.41) is 9.45. The predicted octanol–water partition coefficient (Wildman–Crippen LogP) is 1.41. The largest absolute Gasteiger partial charge is 0.392 e. The van der Waals surface area contributed by atoms with E-state index in [4.69, 9.17) is 5.11 Å². The standard InChI is InChI=1S/C11H10N2O2S/c14-7-8-1-3-9(4-2-8)16-11-12-6-5-10(15)13-11/h1-6,14H,7H2,(H,12,13,15). The van der Waals surface area contributed by atoms with Gasteiger partial charge in [0.05, 0.1) is 6.61 Å². The third kappa shape index (κ3) is 2.71. The van der Waals surface area contributed by atoms with Gasteiger partial charge in [0.25, 0.3) is 5.56 Å². The second-order valence-corrected chi connectivity index (χ2v) is 4.21. The minimum Gasteiger partial charge on any atom is -0.392 e. The van der Waals surface area contributed by atoms with Crippen LogP contribution in [0, 0.1) is 0 Å². The Bertz CT molecular complexity index is 522. The number of rotatable bonds is 3. The molecule has 0 aliphatic carbocycles. The number of aromatic nitrogens is 2. The van der Waals surface area contributed by atoms with Crippen LogP contribution < -0.4 is 5.56 Å². The van der Waals surface area contributed by atoms with Crippen LogP contribution in [0.3, 0.4) is 0 Å². The highest BCUT2D eigenvalue weighted by Crippen LogP contribution is 2.23. The lowest BCUT2D eigenvalue weighted by atomic mass is 10.2. The molecule has 0 atom stereocenters. The van der Waals surface area contributed by atoms with E-state index in [9.17, 15) is 4.79 Å². The molecule has 4 nitrogen and oxygen atoms in total. The normalized spacial score (nSPS) is 10.3. The van der Waals surface area contributed by atoms with Gasteiger partial charge in [-0.1, -0.05) is 23.9 Å². The molecule has 82 valence electrons. The molecule has 16 heavy (non-hydrogen) atoms. The van der Waals surface area contributed by atoms with E-state index in [1.807, 2.05) is 24.3 Å². The first-order chi connectivity index (χ1) is 7.78. The molecule has 0 aliphatic heterocycles. The summed E-state index contributed by atoms with van der Waals surface area (Å²) in [6, 6.07) is 8.80. The van der Waals surface area contributed by atoms with E-state index >= 15 is 0 Å². The molecule has 0 amide bonds. The molecule has 0 saturated carbocycles. The molecule has 0 spiro atoms. The zero-order valence-electron chi connectivity index (χ0n) is 8.38. The number of hydrogen-bond acceptors (Lipinski definition) is 4. The molecule has 2 N–H and O–H groups in total. The van der Waals surface area contributed by atoms with Crippen LogP contribution >= 0.6 is 11.8 Å². The molecule has 1 aromatic heterocycles. The van der Waals surface area contributed by atoms with Crippen molar-refractivity contribution in [2.24, 2.45) is 0 Å². The lowest BCUT2D eigenvalue weighted by molar-refractivity contribution is 0.282. The molecule has 1 aromatic carbocycles. The molecule has 0 saturated heterocycles. The van der Waals surface area contributed by atoms with E-state index in [1.165, 1.54) is 24.0 Å². The van der Waals surface area contributed by atoms with Gasteiger partial charge < -0.3 is 10.1 Å². The van der Waals surface area contributed by atoms with Gasteiger partial charge in [-0.3, -0.25) is 4.79 Å². The van der Waals surface area contributed by atoms with Crippen LogP contribution in [0.25, 0.3) is 0 Å². The van der Waals surface area contributed by atoms with Gasteiger partial charge in [0, 0.05) is 17.2 Å². The molecule has 0 aliphatic rings. The number of benzene rings is 1. The Balaban J connectivity index is 2.17. The second-order valence-electron chi connectivity index (χ2n) is 3.14. The van der Waals surface area contributed by atoms with E-state index in [2.05, 4.69) is 9.97 Å². The lowest BCUT2D eigenvalue weighted by Gasteiger charge is -2.01. The topological polar surface area (TPSA) is 66.0 Å². The molecular formula is C11H10N2O2S. The van der Waals surface area contributed by atoms with Crippen LogP contribution in [0.1, 0.15) is 5.56 Å². The first-order valence-electron chi connectivity index (χ1n) is 4.71. The number of nitrogens with one attached hydrogen (secondary N) is 1. The van der Waals surface area contributed by atoms with Gasteiger partial charge in [-0.15, -0.1) is 0 Å². The van der Waals surface area contributed by atoms with Crippen molar-refractivity contribution in [1.29, 1.82) is 0 Å².